The van der Waals surface area contributed by atoms with Gasteiger partial charge in [-0.15, -0.1) is 0 Å². The van der Waals surface area contributed by atoms with Crippen molar-refractivity contribution in [3.8, 4) is 11.5 Å². The molecule has 0 saturated carbocycles. The van der Waals surface area contributed by atoms with Gasteiger partial charge in [-0.05, 0) is 17.7 Å². The van der Waals surface area contributed by atoms with Crippen LogP contribution in [-0.4, -0.2) is 26.5 Å². The van der Waals surface area contributed by atoms with Crippen molar-refractivity contribution >= 4 is 11.6 Å². The molecule has 86 valence electrons. The highest BCUT2D eigenvalue weighted by Crippen LogP contribution is 2.41. The number of hydrogen-bond donors (Lipinski definition) is 1. The van der Waals surface area contributed by atoms with Crippen molar-refractivity contribution in [3.05, 3.63) is 22.7 Å². The molecule has 1 aromatic carbocycles. The van der Waals surface area contributed by atoms with Gasteiger partial charge in [-0.2, -0.15) is 0 Å². The van der Waals surface area contributed by atoms with Gasteiger partial charge in [0.15, 0.2) is 11.5 Å². The quantitative estimate of drug-likeness (QED) is 0.813. The van der Waals surface area contributed by atoms with Gasteiger partial charge in [-0.3, -0.25) is 0 Å². The largest absolute Gasteiger partial charge is 0.454 e. The number of morpholine rings is 1. The van der Waals surface area contributed by atoms with Gasteiger partial charge in [-0.25, -0.2) is 0 Å². The first-order valence-electron chi connectivity index (χ1n) is 5.26. The van der Waals surface area contributed by atoms with Crippen LogP contribution in [0.25, 0.3) is 0 Å². The van der Waals surface area contributed by atoms with Crippen molar-refractivity contribution in [1.29, 1.82) is 0 Å². The number of halogens is 1. The third kappa shape index (κ3) is 1.73. The summed E-state index contributed by atoms with van der Waals surface area (Å²) in [7, 11) is 0. The second-order valence-corrected chi connectivity index (χ2v) is 4.21. The lowest BCUT2D eigenvalue weighted by Crippen LogP contribution is -2.33. The van der Waals surface area contributed by atoms with Gasteiger partial charge in [0.25, 0.3) is 0 Å². The summed E-state index contributed by atoms with van der Waals surface area (Å²) in [6.07, 6.45) is 0.0424. The van der Waals surface area contributed by atoms with Crippen molar-refractivity contribution in [2.75, 3.05) is 26.5 Å². The van der Waals surface area contributed by atoms with Crippen LogP contribution in [0.4, 0.5) is 0 Å². The summed E-state index contributed by atoms with van der Waals surface area (Å²) in [6, 6.07) is 3.82. The highest BCUT2D eigenvalue weighted by Gasteiger charge is 2.23. The number of nitrogens with one attached hydrogen (secondary N) is 1. The molecule has 0 bridgehead atoms. The molecule has 1 aromatic rings. The Bertz CT molecular complexity index is 404. The molecule has 0 spiro atoms. The third-order valence-electron chi connectivity index (χ3n) is 2.75. The summed E-state index contributed by atoms with van der Waals surface area (Å²) in [5, 5.41) is 3.86. The maximum absolute atomic E-state index is 6.11. The average Bonchev–Trinajstić information content (AvgIpc) is 2.79. The Kier molecular flexibility index (Phi) is 2.63. The molecule has 2 aliphatic heterocycles. The molecule has 16 heavy (non-hydrogen) atoms. The summed E-state index contributed by atoms with van der Waals surface area (Å²) < 4.78 is 16.3. The lowest BCUT2D eigenvalue weighted by Gasteiger charge is -2.24. The Morgan fingerprint density at radius 2 is 2.25 bits per heavy atom. The van der Waals surface area contributed by atoms with Gasteiger partial charge in [0.2, 0.25) is 6.79 Å². The molecule has 1 atom stereocenters. The number of rotatable bonds is 1. The lowest BCUT2D eigenvalue weighted by atomic mass is 10.1. The molecular weight excluding hydrogens is 230 g/mol. The first-order valence-corrected chi connectivity index (χ1v) is 5.64. The van der Waals surface area contributed by atoms with E-state index in [4.69, 9.17) is 25.8 Å². The van der Waals surface area contributed by atoms with E-state index in [1.165, 1.54) is 0 Å². The van der Waals surface area contributed by atoms with Gasteiger partial charge in [-0.1, -0.05) is 11.6 Å². The summed E-state index contributed by atoms with van der Waals surface area (Å²) in [5.74, 6) is 1.34. The fourth-order valence-corrected chi connectivity index (χ4v) is 2.23. The zero-order valence-electron chi connectivity index (χ0n) is 8.66. The van der Waals surface area contributed by atoms with Gasteiger partial charge < -0.3 is 19.5 Å². The van der Waals surface area contributed by atoms with Crippen molar-refractivity contribution in [2.24, 2.45) is 0 Å². The van der Waals surface area contributed by atoms with Crippen LogP contribution in [0.15, 0.2) is 12.1 Å². The molecule has 1 fully saturated rings. The fourth-order valence-electron chi connectivity index (χ4n) is 1.95. The summed E-state index contributed by atoms with van der Waals surface area (Å²) in [5.41, 5.74) is 1.03. The van der Waals surface area contributed by atoms with Crippen LogP contribution in [0.5, 0.6) is 11.5 Å². The van der Waals surface area contributed by atoms with E-state index in [0.29, 0.717) is 16.5 Å². The second-order valence-electron chi connectivity index (χ2n) is 3.80. The molecule has 0 aliphatic carbocycles. The third-order valence-corrected chi connectivity index (χ3v) is 3.03. The van der Waals surface area contributed by atoms with E-state index in [0.717, 1.165) is 25.3 Å². The normalized spacial score (nSPS) is 23.4. The van der Waals surface area contributed by atoms with Crippen LogP contribution < -0.4 is 14.8 Å². The van der Waals surface area contributed by atoms with E-state index in [1.54, 1.807) is 0 Å². The molecule has 2 heterocycles. The fraction of sp³-hybridized carbons (Fsp3) is 0.455. The predicted molar refractivity (Wildman–Crippen MR) is 59.1 cm³/mol. The van der Waals surface area contributed by atoms with Crippen LogP contribution in [0.3, 0.4) is 0 Å². The van der Waals surface area contributed by atoms with Crippen molar-refractivity contribution in [3.63, 3.8) is 0 Å². The summed E-state index contributed by atoms with van der Waals surface area (Å²) in [6.45, 7) is 2.66. The van der Waals surface area contributed by atoms with Gasteiger partial charge >= 0.3 is 0 Å². The minimum absolute atomic E-state index is 0.0424. The smallest absolute Gasteiger partial charge is 0.231 e. The molecule has 0 amide bonds. The molecule has 1 saturated heterocycles. The summed E-state index contributed by atoms with van der Waals surface area (Å²) in [4.78, 5) is 0. The predicted octanol–water partition coefficient (Wildman–Crippen LogP) is 1.73. The minimum Gasteiger partial charge on any atom is -0.454 e. The molecule has 5 heteroatoms. The topological polar surface area (TPSA) is 39.7 Å². The Morgan fingerprint density at radius 1 is 1.31 bits per heavy atom. The van der Waals surface area contributed by atoms with Gasteiger partial charge in [0.05, 0.1) is 17.7 Å². The first kappa shape index (κ1) is 10.2. The van der Waals surface area contributed by atoms with Crippen LogP contribution in [0, 0.1) is 0 Å². The van der Waals surface area contributed by atoms with E-state index in [9.17, 15) is 0 Å². The van der Waals surface area contributed by atoms with Crippen molar-refractivity contribution < 1.29 is 14.2 Å². The van der Waals surface area contributed by atoms with Crippen molar-refractivity contribution in [1.82, 2.24) is 5.32 Å². The molecule has 3 rings (SSSR count). The van der Waals surface area contributed by atoms with E-state index in [2.05, 4.69) is 5.32 Å². The maximum Gasteiger partial charge on any atom is 0.231 e. The molecule has 0 radical (unpaired) electrons. The number of ether oxygens (including phenoxy) is 3. The average molecular weight is 242 g/mol. The van der Waals surface area contributed by atoms with Crippen molar-refractivity contribution in [2.45, 2.75) is 6.10 Å². The van der Waals surface area contributed by atoms with E-state index < -0.39 is 0 Å². The highest BCUT2D eigenvalue weighted by molar-refractivity contribution is 6.32. The molecular formula is C11H12ClNO3. The standard InChI is InChI=1S/C11H12ClNO3/c12-8-3-7(10-5-13-1-2-14-10)4-9-11(8)16-6-15-9/h3-4,10,13H,1-2,5-6H2. The maximum atomic E-state index is 6.11. The monoisotopic (exact) mass is 241 g/mol. The Balaban J connectivity index is 1.92. The zero-order chi connectivity index (χ0) is 11.0. The van der Waals surface area contributed by atoms with E-state index in [-0.39, 0.29) is 12.9 Å². The first-order chi connectivity index (χ1) is 7.84. The number of hydrogen-bond acceptors (Lipinski definition) is 4. The van der Waals surface area contributed by atoms with E-state index in [1.807, 2.05) is 12.1 Å². The number of fused-ring (bicyclic) bond motifs is 1. The Hall–Kier alpha value is -0.970. The SMILES string of the molecule is Clc1cc(C2CNCCO2)cc2c1OCO2. The Morgan fingerprint density at radius 3 is 3.06 bits per heavy atom. The van der Waals surface area contributed by atoms with Crippen LogP contribution >= 0.6 is 11.6 Å². The molecule has 2 aliphatic rings. The van der Waals surface area contributed by atoms with Gasteiger partial charge in [0, 0.05) is 13.1 Å². The van der Waals surface area contributed by atoms with Crippen LogP contribution in [-0.2, 0) is 4.74 Å². The zero-order valence-corrected chi connectivity index (χ0v) is 9.42. The van der Waals surface area contributed by atoms with Crippen LogP contribution in [0.1, 0.15) is 11.7 Å². The highest BCUT2D eigenvalue weighted by atomic mass is 35.5. The van der Waals surface area contributed by atoms with Crippen LogP contribution in [0.2, 0.25) is 5.02 Å². The Labute approximate surface area is 98.4 Å². The second kappa shape index (κ2) is 4.13. The van der Waals surface area contributed by atoms with E-state index >= 15 is 0 Å². The lowest BCUT2D eigenvalue weighted by molar-refractivity contribution is 0.0276. The molecule has 0 aromatic heterocycles. The minimum atomic E-state index is 0.0424. The number of benzene rings is 1. The molecule has 1 unspecified atom stereocenters. The molecule has 4 nitrogen and oxygen atoms in total. The molecule has 1 N–H and O–H groups in total. The summed E-state index contributed by atoms with van der Waals surface area (Å²) >= 11 is 6.11. The van der Waals surface area contributed by atoms with Gasteiger partial charge in [0.1, 0.15) is 0 Å².